The van der Waals surface area contributed by atoms with Gasteiger partial charge in [0.2, 0.25) is 0 Å². The van der Waals surface area contributed by atoms with Gasteiger partial charge in [-0.05, 0) is 18.2 Å². The van der Waals surface area contributed by atoms with Crippen molar-refractivity contribution in [1.82, 2.24) is 4.98 Å². The molecule has 0 fully saturated rings. The highest BCUT2D eigenvalue weighted by atomic mass is 15.0. The van der Waals surface area contributed by atoms with E-state index in [0.29, 0.717) is 6.67 Å². The van der Waals surface area contributed by atoms with Crippen LogP contribution in [0.3, 0.4) is 0 Å². The van der Waals surface area contributed by atoms with Gasteiger partial charge in [-0.15, -0.1) is 0 Å². The second-order valence-electron chi connectivity index (χ2n) is 3.12. The number of nitrogens with zero attached hydrogens (tertiary/aromatic N) is 1. The van der Waals surface area contributed by atoms with Gasteiger partial charge >= 0.3 is 0 Å². The molecule has 0 atom stereocenters. The summed E-state index contributed by atoms with van der Waals surface area (Å²) < 4.78 is 0. The van der Waals surface area contributed by atoms with Crippen LogP contribution in [-0.2, 0) is 0 Å². The van der Waals surface area contributed by atoms with Crippen LogP contribution in [0.5, 0.6) is 0 Å². The maximum atomic E-state index is 4.16. The average molecular weight is 171 g/mol. The fourth-order valence-electron chi connectivity index (χ4n) is 1.72. The monoisotopic (exact) mass is 171 g/mol. The number of fused-ring (bicyclic) bond motifs is 3. The molecule has 1 aromatic heterocycles. The summed E-state index contributed by atoms with van der Waals surface area (Å²) >= 11 is 0. The predicted octanol–water partition coefficient (Wildman–Crippen LogP) is 1.97. The van der Waals surface area contributed by atoms with Crippen LogP contribution < -0.4 is 5.32 Å². The number of aliphatic imine (C=N–C) groups is 1. The van der Waals surface area contributed by atoms with Gasteiger partial charge in [-0.25, -0.2) is 0 Å². The van der Waals surface area contributed by atoms with E-state index < -0.39 is 0 Å². The average Bonchev–Trinajstić information content (AvgIpc) is 2.65. The highest BCUT2D eigenvalue weighted by molar-refractivity contribution is 6.03. The Hall–Kier alpha value is -1.77. The summed E-state index contributed by atoms with van der Waals surface area (Å²) in [5.41, 5.74) is 3.52. The molecule has 0 spiro atoms. The van der Waals surface area contributed by atoms with Gasteiger partial charge in [0.1, 0.15) is 6.67 Å². The number of benzene rings is 1. The lowest BCUT2D eigenvalue weighted by molar-refractivity contribution is 1.13. The van der Waals surface area contributed by atoms with E-state index in [2.05, 4.69) is 33.5 Å². The first-order valence-electron chi connectivity index (χ1n) is 4.29. The Kier molecular flexibility index (Phi) is 1.22. The van der Waals surface area contributed by atoms with Crippen molar-refractivity contribution in [3.8, 4) is 0 Å². The molecule has 3 rings (SSSR count). The highest BCUT2D eigenvalue weighted by Crippen LogP contribution is 2.27. The summed E-state index contributed by atoms with van der Waals surface area (Å²) in [5.74, 6) is 0. The number of aromatic nitrogens is 1. The topological polar surface area (TPSA) is 40.2 Å². The van der Waals surface area contributed by atoms with Crippen LogP contribution in [0.1, 0.15) is 5.56 Å². The van der Waals surface area contributed by atoms with Crippen LogP contribution in [0, 0.1) is 0 Å². The largest absolute Gasteiger partial charge is 0.365 e. The van der Waals surface area contributed by atoms with Gasteiger partial charge in [0, 0.05) is 28.9 Å². The minimum atomic E-state index is 0.678. The zero-order chi connectivity index (χ0) is 8.67. The fraction of sp³-hybridized carbons (Fsp3) is 0.100. The molecule has 2 heterocycles. The molecular formula is C10H9N3. The Balaban J connectivity index is 2.42. The molecule has 0 bridgehead atoms. The highest BCUT2D eigenvalue weighted by Gasteiger charge is 2.08. The van der Waals surface area contributed by atoms with Crippen molar-refractivity contribution in [3.05, 3.63) is 30.0 Å². The summed E-state index contributed by atoms with van der Waals surface area (Å²) in [6.45, 7) is 0.678. The van der Waals surface area contributed by atoms with Crippen molar-refractivity contribution < 1.29 is 0 Å². The third-order valence-electron chi connectivity index (χ3n) is 2.34. The third kappa shape index (κ3) is 0.869. The number of nitrogens with one attached hydrogen (secondary N) is 2. The minimum Gasteiger partial charge on any atom is -0.365 e. The standard InChI is InChI=1S/C10H9N3/c1-2-9-8(3-4-12-9)10-7(1)5-11-6-13-10/h1-5,12-13H,6H2. The first kappa shape index (κ1) is 6.71. The van der Waals surface area contributed by atoms with Gasteiger partial charge < -0.3 is 10.3 Å². The normalized spacial score (nSPS) is 14.2. The molecule has 3 nitrogen and oxygen atoms in total. The Labute approximate surface area is 75.5 Å². The molecule has 13 heavy (non-hydrogen) atoms. The zero-order valence-electron chi connectivity index (χ0n) is 7.04. The molecule has 0 amide bonds. The number of aromatic amines is 1. The Morgan fingerprint density at radius 3 is 3.23 bits per heavy atom. The molecular weight excluding hydrogens is 162 g/mol. The Bertz CT molecular complexity index is 482. The van der Waals surface area contributed by atoms with E-state index in [9.17, 15) is 0 Å². The number of anilines is 1. The molecule has 2 aromatic rings. The molecule has 0 saturated carbocycles. The van der Waals surface area contributed by atoms with Crippen LogP contribution >= 0.6 is 0 Å². The fourth-order valence-corrected chi connectivity index (χ4v) is 1.72. The lowest BCUT2D eigenvalue weighted by Gasteiger charge is -2.12. The number of H-pyrrole nitrogens is 1. The van der Waals surface area contributed by atoms with E-state index in [1.807, 2.05) is 12.4 Å². The van der Waals surface area contributed by atoms with Gasteiger partial charge in [0.15, 0.2) is 0 Å². The molecule has 0 aliphatic carbocycles. The van der Waals surface area contributed by atoms with E-state index >= 15 is 0 Å². The zero-order valence-corrected chi connectivity index (χ0v) is 7.04. The lowest BCUT2D eigenvalue weighted by Crippen LogP contribution is -2.07. The first-order chi connectivity index (χ1) is 6.45. The third-order valence-corrected chi connectivity index (χ3v) is 2.34. The van der Waals surface area contributed by atoms with Crippen LogP contribution in [0.25, 0.3) is 10.9 Å². The molecule has 0 radical (unpaired) electrons. The molecule has 64 valence electrons. The van der Waals surface area contributed by atoms with Gasteiger partial charge in [-0.2, -0.15) is 0 Å². The summed E-state index contributed by atoms with van der Waals surface area (Å²) in [6.07, 6.45) is 3.87. The van der Waals surface area contributed by atoms with Crippen LogP contribution in [0.2, 0.25) is 0 Å². The van der Waals surface area contributed by atoms with E-state index in [1.54, 1.807) is 0 Å². The predicted molar refractivity (Wildman–Crippen MR) is 54.4 cm³/mol. The van der Waals surface area contributed by atoms with Crippen molar-refractivity contribution in [2.24, 2.45) is 4.99 Å². The second-order valence-corrected chi connectivity index (χ2v) is 3.12. The SMILES string of the molecule is C1=NCNc2c1ccc1[nH]ccc21. The van der Waals surface area contributed by atoms with Crippen molar-refractivity contribution >= 4 is 22.8 Å². The van der Waals surface area contributed by atoms with E-state index in [-0.39, 0.29) is 0 Å². The summed E-state index contributed by atoms with van der Waals surface area (Å²) in [6, 6.07) is 6.23. The Morgan fingerprint density at radius 2 is 2.23 bits per heavy atom. The molecule has 1 aliphatic heterocycles. The summed E-state index contributed by atoms with van der Waals surface area (Å²) in [4.78, 5) is 7.35. The number of hydrogen-bond acceptors (Lipinski definition) is 2. The van der Waals surface area contributed by atoms with Crippen molar-refractivity contribution in [2.45, 2.75) is 0 Å². The van der Waals surface area contributed by atoms with Crippen LogP contribution in [0.4, 0.5) is 5.69 Å². The van der Waals surface area contributed by atoms with E-state index in [4.69, 9.17) is 0 Å². The smallest absolute Gasteiger partial charge is 0.107 e. The maximum Gasteiger partial charge on any atom is 0.107 e. The molecule has 0 saturated heterocycles. The molecule has 3 heteroatoms. The van der Waals surface area contributed by atoms with Crippen LogP contribution in [0.15, 0.2) is 29.4 Å². The Morgan fingerprint density at radius 1 is 1.23 bits per heavy atom. The molecule has 2 N–H and O–H groups in total. The van der Waals surface area contributed by atoms with E-state index in [1.165, 1.54) is 22.2 Å². The van der Waals surface area contributed by atoms with Gasteiger partial charge in [0.05, 0.1) is 5.69 Å². The second kappa shape index (κ2) is 2.36. The number of rotatable bonds is 0. The van der Waals surface area contributed by atoms with Gasteiger partial charge in [-0.1, -0.05) is 0 Å². The van der Waals surface area contributed by atoms with Crippen molar-refractivity contribution in [2.75, 3.05) is 12.0 Å². The van der Waals surface area contributed by atoms with Crippen LogP contribution in [-0.4, -0.2) is 17.9 Å². The van der Waals surface area contributed by atoms with Gasteiger partial charge in [0.25, 0.3) is 0 Å². The quantitative estimate of drug-likeness (QED) is 0.625. The minimum absolute atomic E-state index is 0.678. The maximum absolute atomic E-state index is 4.16. The van der Waals surface area contributed by atoms with E-state index in [0.717, 1.165) is 0 Å². The molecule has 1 aromatic carbocycles. The summed E-state index contributed by atoms with van der Waals surface area (Å²) in [7, 11) is 0. The van der Waals surface area contributed by atoms with Crippen molar-refractivity contribution in [1.29, 1.82) is 0 Å². The molecule has 0 unspecified atom stereocenters. The lowest BCUT2D eigenvalue weighted by atomic mass is 10.1. The number of hydrogen-bond donors (Lipinski definition) is 2. The molecule has 1 aliphatic rings. The van der Waals surface area contributed by atoms with Crippen molar-refractivity contribution in [3.63, 3.8) is 0 Å². The first-order valence-corrected chi connectivity index (χ1v) is 4.29. The summed E-state index contributed by atoms with van der Waals surface area (Å²) in [5, 5.41) is 4.51. The van der Waals surface area contributed by atoms with Gasteiger partial charge in [-0.3, -0.25) is 4.99 Å².